The molecule has 0 amide bonds. The molecular formula is C8H6N2O2. The zero-order valence-corrected chi connectivity index (χ0v) is 6.14. The van der Waals surface area contributed by atoms with E-state index in [1.807, 2.05) is 0 Å². The summed E-state index contributed by atoms with van der Waals surface area (Å²) in [5.41, 5.74) is 0.701. The molecule has 2 aromatic heterocycles. The molecule has 0 radical (unpaired) electrons. The van der Waals surface area contributed by atoms with Crippen LogP contribution in [-0.4, -0.2) is 20.5 Å². The fourth-order valence-electron chi connectivity index (χ4n) is 1.14. The molecule has 1 N–H and O–H groups in total. The number of hydrogen-bond acceptors (Lipinski definition) is 2. The Morgan fingerprint density at radius 1 is 1.50 bits per heavy atom. The number of nitrogens with zero attached hydrogens (tertiary/aromatic N) is 2. The SMILES string of the molecule is O=C(O)c1nccn2cccc12. The van der Waals surface area contributed by atoms with Crippen molar-refractivity contribution in [2.75, 3.05) is 0 Å². The number of carbonyl (C=O) groups is 1. The maximum atomic E-state index is 10.6. The topological polar surface area (TPSA) is 54.6 Å². The van der Waals surface area contributed by atoms with E-state index in [0.29, 0.717) is 5.52 Å². The van der Waals surface area contributed by atoms with Gasteiger partial charge in [-0.05, 0) is 12.1 Å². The Morgan fingerprint density at radius 2 is 2.33 bits per heavy atom. The molecule has 2 aromatic rings. The zero-order valence-electron chi connectivity index (χ0n) is 6.14. The fraction of sp³-hybridized carbons (Fsp3) is 0. The average Bonchev–Trinajstić information content (AvgIpc) is 2.49. The number of carboxylic acid groups (broad SMARTS) is 1. The number of aromatic carboxylic acids is 1. The molecule has 60 valence electrons. The molecule has 0 atom stereocenters. The highest BCUT2D eigenvalue weighted by atomic mass is 16.4. The van der Waals surface area contributed by atoms with Crippen molar-refractivity contribution in [1.29, 1.82) is 0 Å². The molecule has 0 unspecified atom stereocenters. The summed E-state index contributed by atoms with van der Waals surface area (Å²) >= 11 is 0. The lowest BCUT2D eigenvalue weighted by Crippen LogP contribution is -2.02. The molecule has 4 nitrogen and oxygen atoms in total. The lowest BCUT2D eigenvalue weighted by atomic mass is 10.3. The fourth-order valence-corrected chi connectivity index (χ4v) is 1.14. The quantitative estimate of drug-likeness (QED) is 0.681. The third-order valence-electron chi connectivity index (χ3n) is 1.66. The van der Waals surface area contributed by atoms with Gasteiger partial charge in [-0.15, -0.1) is 0 Å². The Morgan fingerprint density at radius 3 is 3.08 bits per heavy atom. The van der Waals surface area contributed by atoms with E-state index >= 15 is 0 Å². The zero-order chi connectivity index (χ0) is 8.55. The first kappa shape index (κ1) is 6.84. The minimum Gasteiger partial charge on any atom is -0.476 e. The molecule has 0 aromatic carbocycles. The molecule has 0 aliphatic carbocycles. The third kappa shape index (κ3) is 0.852. The number of hydrogen-bond donors (Lipinski definition) is 1. The minimum atomic E-state index is -1.00. The van der Waals surface area contributed by atoms with Gasteiger partial charge >= 0.3 is 5.97 Å². The van der Waals surface area contributed by atoms with E-state index in [1.165, 1.54) is 6.20 Å². The Labute approximate surface area is 68.1 Å². The van der Waals surface area contributed by atoms with Crippen LogP contribution in [0.1, 0.15) is 10.5 Å². The van der Waals surface area contributed by atoms with Crippen molar-refractivity contribution in [2.45, 2.75) is 0 Å². The van der Waals surface area contributed by atoms with Crippen molar-refractivity contribution < 1.29 is 9.90 Å². The van der Waals surface area contributed by atoms with E-state index in [9.17, 15) is 4.79 Å². The molecule has 4 heteroatoms. The van der Waals surface area contributed by atoms with E-state index in [1.54, 1.807) is 28.9 Å². The molecule has 0 aliphatic heterocycles. The summed E-state index contributed by atoms with van der Waals surface area (Å²) in [6, 6.07) is 3.50. The van der Waals surface area contributed by atoms with Gasteiger partial charge in [0.25, 0.3) is 0 Å². The molecular weight excluding hydrogens is 156 g/mol. The first-order valence-electron chi connectivity index (χ1n) is 3.44. The Balaban J connectivity index is 2.82. The van der Waals surface area contributed by atoms with Crippen molar-refractivity contribution in [2.24, 2.45) is 0 Å². The number of aromatic nitrogens is 2. The van der Waals surface area contributed by atoms with E-state index < -0.39 is 5.97 Å². The Bertz CT molecular complexity index is 433. The van der Waals surface area contributed by atoms with E-state index in [4.69, 9.17) is 5.11 Å². The number of rotatable bonds is 1. The average molecular weight is 162 g/mol. The van der Waals surface area contributed by atoms with Crippen LogP contribution in [0.5, 0.6) is 0 Å². The van der Waals surface area contributed by atoms with Crippen molar-refractivity contribution in [3.8, 4) is 0 Å². The van der Waals surface area contributed by atoms with Crippen LogP contribution in [0.2, 0.25) is 0 Å². The van der Waals surface area contributed by atoms with Gasteiger partial charge in [0, 0.05) is 18.6 Å². The standard InChI is InChI=1S/C8H6N2O2/c11-8(12)7-6-2-1-4-10(6)5-3-9-7/h1-5H,(H,11,12). The number of fused-ring (bicyclic) bond motifs is 1. The van der Waals surface area contributed by atoms with Crippen LogP contribution in [0, 0.1) is 0 Å². The van der Waals surface area contributed by atoms with Crippen LogP contribution >= 0.6 is 0 Å². The molecule has 2 rings (SSSR count). The first-order chi connectivity index (χ1) is 5.79. The predicted molar refractivity (Wildman–Crippen MR) is 42.2 cm³/mol. The molecule has 0 saturated carbocycles. The van der Waals surface area contributed by atoms with Gasteiger partial charge in [0.05, 0.1) is 5.52 Å². The lowest BCUT2D eigenvalue weighted by Gasteiger charge is -1.96. The van der Waals surface area contributed by atoms with Gasteiger partial charge in [0.1, 0.15) is 0 Å². The van der Waals surface area contributed by atoms with Gasteiger partial charge in [0.15, 0.2) is 5.69 Å². The molecule has 0 fully saturated rings. The van der Waals surface area contributed by atoms with Gasteiger partial charge in [-0.2, -0.15) is 0 Å². The van der Waals surface area contributed by atoms with Gasteiger partial charge in [-0.1, -0.05) is 0 Å². The molecule has 0 bridgehead atoms. The molecule has 12 heavy (non-hydrogen) atoms. The van der Waals surface area contributed by atoms with Crippen molar-refractivity contribution in [3.63, 3.8) is 0 Å². The summed E-state index contributed by atoms with van der Waals surface area (Å²) < 4.78 is 1.72. The lowest BCUT2D eigenvalue weighted by molar-refractivity contribution is 0.0692. The van der Waals surface area contributed by atoms with Gasteiger partial charge in [-0.3, -0.25) is 0 Å². The van der Waals surface area contributed by atoms with Gasteiger partial charge < -0.3 is 9.51 Å². The molecule has 0 aliphatic rings. The second kappa shape index (κ2) is 2.34. The van der Waals surface area contributed by atoms with Crippen molar-refractivity contribution in [1.82, 2.24) is 9.38 Å². The highest BCUT2D eigenvalue weighted by Gasteiger charge is 2.08. The predicted octanol–water partition coefficient (Wildman–Crippen LogP) is 1.03. The highest BCUT2D eigenvalue weighted by Crippen LogP contribution is 2.07. The molecule has 0 saturated heterocycles. The first-order valence-corrected chi connectivity index (χ1v) is 3.44. The second-order valence-electron chi connectivity index (χ2n) is 2.38. The Kier molecular flexibility index (Phi) is 1.33. The normalized spacial score (nSPS) is 10.3. The van der Waals surface area contributed by atoms with Gasteiger partial charge in [-0.25, -0.2) is 9.78 Å². The largest absolute Gasteiger partial charge is 0.476 e. The maximum absolute atomic E-state index is 10.6. The van der Waals surface area contributed by atoms with Crippen molar-refractivity contribution >= 4 is 11.5 Å². The minimum absolute atomic E-state index is 0.0856. The summed E-state index contributed by atoms with van der Waals surface area (Å²) in [6.45, 7) is 0. The molecule has 0 spiro atoms. The maximum Gasteiger partial charge on any atom is 0.356 e. The summed E-state index contributed by atoms with van der Waals surface area (Å²) in [7, 11) is 0. The van der Waals surface area contributed by atoms with Crippen LogP contribution in [-0.2, 0) is 0 Å². The van der Waals surface area contributed by atoms with Crippen LogP contribution in [0.3, 0.4) is 0 Å². The van der Waals surface area contributed by atoms with Crippen LogP contribution in [0.4, 0.5) is 0 Å². The third-order valence-corrected chi connectivity index (χ3v) is 1.66. The second-order valence-corrected chi connectivity index (χ2v) is 2.38. The van der Waals surface area contributed by atoms with Crippen LogP contribution in [0.15, 0.2) is 30.7 Å². The Hall–Kier alpha value is -1.84. The molecule has 2 heterocycles. The summed E-state index contributed by atoms with van der Waals surface area (Å²) in [6.07, 6.45) is 4.96. The van der Waals surface area contributed by atoms with Crippen molar-refractivity contribution in [3.05, 3.63) is 36.4 Å². The highest BCUT2D eigenvalue weighted by molar-refractivity contribution is 5.93. The summed E-state index contributed by atoms with van der Waals surface area (Å²) in [4.78, 5) is 14.4. The summed E-state index contributed by atoms with van der Waals surface area (Å²) in [5, 5.41) is 8.73. The smallest absolute Gasteiger partial charge is 0.356 e. The van der Waals surface area contributed by atoms with Crippen LogP contribution in [0.25, 0.3) is 5.52 Å². The summed E-state index contributed by atoms with van der Waals surface area (Å²) in [5.74, 6) is -1.00. The monoisotopic (exact) mass is 162 g/mol. The van der Waals surface area contributed by atoms with E-state index in [-0.39, 0.29) is 5.69 Å². The van der Waals surface area contributed by atoms with E-state index in [2.05, 4.69) is 4.98 Å². The van der Waals surface area contributed by atoms with Gasteiger partial charge in [0.2, 0.25) is 0 Å². The number of carboxylic acids is 1. The van der Waals surface area contributed by atoms with Crippen LogP contribution < -0.4 is 0 Å². The van der Waals surface area contributed by atoms with E-state index in [0.717, 1.165) is 0 Å².